The molecular formula is C48H84NO7P. The number of allylic oxidation sites excluding steroid dienone is 14. The molecule has 0 aromatic carbocycles. The molecule has 0 fully saturated rings. The molecule has 3 N–H and O–H groups in total. The number of carbonyl (C=O) groups is 1. The van der Waals surface area contributed by atoms with E-state index in [-0.39, 0.29) is 32.3 Å². The Bertz CT molecular complexity index is 1140. The van der Waals surface area contributed by atoms with Crippen molar-refractivity contribution in [3.05, 3.63) is 85.1 Å². The standard InChI is InChI=1S/C48H84NO7P/c1-3-5-7-9-11-13-15-17-19-20-21-22-23-24-25-26-27-28-30-32-34-36-38-40-43-53-45-47(46-55-57(51,52)54-44-42-49)56-48(50)41-39-37-35-33-31-29-18-16-14-12-10-8-6-4-2/h5,7,11,13,16-19,21-22,24-25,27-28,47H,3-4,6,8-10,12,14-15,20,23,26,29-46,49H2,1-2H3,(H,51,52)/b7-5-,13-11-,18-16-,19-17-,22-21-,25-24-,28-27-. The predicted octanol–water partition coefficient (Wildman–Crippen LogP) is 13.7. The maximum atomic E-state index is 12.6. The minimum atomic E-state index is -4.29. The summed E-state index contributed by atoms with van der Waals surface area (Å²) in [6.45, 7) is 4.72. The molecule has 0 bridgehead atoms. The van der Waals surface area contributed by atoms with Crippen LogP contribution in [-0.2, 0) is 27.9 Å². The lowest BCUT2D eigenvalue weighted by Gasteiger charge is -2.20. The molecule has 0 radical (unpaired) electrons. The SMILES string of the molecule is CC/C=C\C/C=C\C/C=C\C/C=C\C/C=C\C/C=C\CCCCCCCOCC(COP(=O)(O)OCCN)OC(=O)CCCCCCC/C=C\CCCCCCC. The number of carbonyl (C=O) groups excluding carboxylic acids is 1. The first-order valence-electron chi connectivity index (χ1n) is 22.6. The van der Waals surface area contributed by atoms with Crippen LogP contribution in [0.2, 0.25) is 0 Å². The summed E-state index contributed by atoms with van der Waals surface area (Å²) in [5.74, 6) is -0.350. The average molecular weight is 818 g/mol. The molecule has 0 aromatic rings. The minimum absolute atomic E-state index is 0.0911. The Hall–Kier alpha value is -2.32. The summed E-state index contributed by atoms with van der Waals surface area (Å²) in [4.78, 5) is 22.5. The van der Waals surface area contributed by atoms with Gasteiger partial charge in [0.05, 0.1) is 19.8 Å². The molecule has 0 saturated carbocycles. The summed E-state index contributed by atoms with van der Waals surface area (Å²) in [6, 6.07) is 0. The van der Waals surface area contributed by atoms with E-state index >= 15 is 0 Å². The Morgan fingerprint density at radius 1 is 0.544 bits per heavy atom. The molecule has 0 saturated heterocycles. The molecule has 328 valence electrons. The van der Waals surface area contributed by atoms with Crippen LogP contribution in [-0.4, -0.2) is 49.9 Å². The maximum Gasteiger partial charge on any atom is 0.472 e. The highest BCUT2D eigenvalue weighted by atomic mass is 31.2. The topological polar surface area (TPSA) is 117 Å². The molecule has 9 heteroatoms. The summed E-state index contributed by atoms with van der Waals surface area (Å²) in [5.41, 5.74) is 5.37. The molecule has 0 aromatic heterocycles. The fraction of sp³-hybridized carbons (Fsp3) is 0.688. The zero-order valence-corrected chi connectivity index (χ0v) is 37.2. The monoisotopic (exact) mass is 818 g/mol. The van der Waals surface area contributed by atoms with E-state index in [2.05, 4.69) is 98.9 Å². The molecule has 8 nitrogen and oxygen atoms in total. The quantitative estimate of drug-likeness (QED) is 0.0271. The molecule has 0 rings (SSSR count). The van der Waals surface area contributed by atoms with Crippen molar-refractivity contribution in [1.82, 2.24) is 0 Å². The molecule has 57 heavy (non-hydrogen) atoms. The van der Waals surface area contributed by atoms with E-state index in [0.717, 1.165) is 96.3 Å². The lowest BCUT2D eigenvalue weighted by molar-refractivity contribution is -0.154. The normalized spacial score (nSPS) is 14.2. The highest BCUT2D eigenvalue weighted by Gasteiger charge is 2.25. The Kier molecular flexibility index (Phi) is 43.0. The van der Waals surface area contributed by atoms with Crippen molar-refractivity contribution in [1.29, 1.82) is 0 Å². The number of phosphoric acid groups is 1. The molecule has 2 atom stereocenters. The van der Waals surface area contributed by atoms with Crippen molar-refractivity contribution in [2.24, 2.45) is 5.73 Å². The van der Waals surface area contributed by atoms with Crippen molar-refractivity contribution in [3.8, 4) is 0 Å². The van der Waals surface area contributed by atoms with Gasteiger partial charge in [0.1, 0.15) is 6.10 Å². The van der Waals surface area contributed by atoms with Crippen LogP contribution in [0.5, 0.6) is 0 Å². The van der Waals surface area contributed by atoms with Crippen LogP contribution in [0, 0.1) is 0 Å². The lowest BCUT2D eigenvalue weighted by Crippen LogP contribution is -2.28. The highest BCUT2D eigenvalue weighted by Crippen LogP contribution is 2.43. The van der Waals surface area contributed by atoms with Crippen molar-refractivity contribution in [2.45, 2.75) is 180 Å². The van der Waals surface area contributed by atoms with E-state index < -0.39 is 13.9 Å². The van der Waals surface area contributed by atoms with Gasteiger partial charge in [-0.3, -0.25) is 13.8 Å². The summed E-state index contributed by atoms with van der Waals surface area (Å²) in [6.07, 6.45) is 57.5. The minimum Gasteiger partial charge on any atom is -0.457 e. The molecular weight excluding hydrogens is 734 g/mol. The van der Waals surface area contributed by atoms with E-state index in [4.69, 9.17) is 24.3 Å². The van der Waals surface area contributed by atoms with E-state index in [1.807, 2.05) is 0 Å². The fourth-order valence-electron chi connectivity index (χ4n) is 5.76. The van der Waals surface area contributed by atoms with Crippen LogP contribution < -0.4 is 5.73 Å². The maximum absolute atomic E-state index is 12.6. The van der Waals surface area contributed by atoms with Crippen LogP contribution in [0.15, 0.2) is 85.1 Å². The summed E-state index contributed by atoms with van der Waals surface area (Å²) >= 11 is 0. The number of hydrogen-bond donors (Lipinski definition) is 2. The van der Waals surface area contributed by atoms with E-state index in [0.29, 0.717) is 13.0 Å². The van der Waals surface area contributed by atoms with Gasteiger partial charge in [0.25, 0.3) is 0 Å². The van der Waals surface area contributed by atoms with Gasteiger partial charge in [-0.25, -0.2) is 4.57 Å². The van der Waals surface area contributed by atoms with Crippen LogP contribution in [0.25, 0.3) is 0 Å². The number of nitrogens with two attached hydrogens (primary N) is 1. The smallest absolute Gasteiger partial charge is 0.457 e. The Labute approximate surface area is 349 Å². The van der Waals surface area contributed by atoms with Gasteiger partial charge in [-0.05, 0) is 89.9 Å². The Balaban J connectivity index is 4.08. The number of esters is 1. The third-order valence-corrected chi connectivity index (χ3v) is 10.0. The van der Waals surface area contributed by atoms with Gasteiger partial charge < -0.3 is 20.1 Å². The van der Waals surface area contributed by atoms with Crippen LogP contribution >= 0.6 is 7.82 Å². The van der Waals surface area contributed by atoms with Crippen LogP contribution in [0.3, 0.4) is 0 Å². The first-order chi connectivity index (χ1) is 27.9. The second-order valence-electron chi connectivity index (χ2n) is 14.5. The van der Waals surface area contributed by atoms with Crippen molar-refractivity contribution in [3.63, 3.8) is 0 Å². The van der Waals surface area contributed by atoms with Crippen molar-refractivity contribution < 1.29 is 32.8 Å². The van der Waals surface area contributed by atoms with Gasteiger partial charge in [-0.2, -0.15) is 0 Å². The predicted molar refractivity (Wildman–Crippen MR) is 242 cm³/mol. The van der Waals surface area contributed by atoms with Crippen molar-refractivity contribution in [2.75, 3.05) is 33.0 Å². The second-order valence-corrected chi connectivity index (χ2v) is 16.0. The summed E-state index contributed by atoms with van der Waals surface area (Å²) in [7, 11) is -4.29. The third-order valence-electron chi connectivity index (χ3n) is 9.05. The number of hydrogen-bond acceptors (Lipinski definition) is 7. The van der Waals surface area contributed by atoms with E-state index in [9.17, 15) is 14.3 Å². The number of phosphoric ester groups is 1. The fourth-order valence-corrected chi connectivity index (χ4v) is 6.52. The molecule has 0 amide bonds. The van der Waals surface area contributed by atoms with Gasteiger partial charge >= 0.3 is 13.8 Å². The van der Waals surface area contributed by atoms with E-state index in [1.54, 1.807) is 0 Å². The zero-order valence-electron chi connectivity index (χ0n) is 36.3. The summed E-state index contributed by atoms with van der Waals surface area (Å²) < 4.78 is 33.4. The van der Waals surface area contributed by atoms with E-state index in [1.165, 1.54) is 57.8 Å². The Morgan fingerprint density at radius 3 is 1.49 bits per heavy atom. The molecule has 0 aliphatic rings. The second kappa shape index (κ2) is 44.8. The zero-order chi connectivity index (χ0) is 41.6. The lowest BCUT2D eigenvalue weighted by atomic mass is 10.1. The van der Waals surface area contributed by atoms with Gasteiger partial charge in [0.2, 0.25) is 0 Å². The van der Waals surface area contributed by atoms with Crippen LogP contribution in [0.4, 0.5) is 0 Å². The number of ether oxygens (including phenoxy) is 2. The number of rotatable bonds is 42. The highest BCUT2D eigenvalue weighted by molar-refractivity contribution is 7.47. The largest absolute Gasteiger partial charge is 0.472 e. The van der Waals surface area contributed by atoms with Gasteiger partial charge in [-0.1, -0.05) is 163 Å². The average Bonchev–Trinajstić information content (AvgIpc) is 3.20. The third kappa shape index (κ3) is 44.6. The van der Waals surface area contributed by atoms with Gasteiger partial charge in [0, 0.05) is 19.6 Å². The Morgan fingerprint density at radius 2 is 0.982 bits per heavy atom. The number of unbranched alkanes of at least 4 members (excludes halogenated alkanes) is 15. The van der Waals surface area contributed by atoms with Gasteiger partial charge in [0.15, 0.2) is 0 Å². The molecule has 0 aliphatic carbocycles. The van der Waals surface area contributed by atoms with Crippen LogP contribution in [0.1, 0.15) is 174 Å². The summed E-state index contributed by atoms with van der Waals surface area (Å²) in [5, 5.41) is 0. The molecule has 2 unspecified atom stereocenters. The molecule has 0 heterocycles. The van der Waals surface area contributed by atoms with Crippen molar-refractivity contribution >= 4 is 13.8 Å². The molecule has 0 spiro atoms. The first kappa shape index (κ1) is 54.7. The molecule has 0 aliphatic heterocycles. The van der Waals surface area contributed by atoms with Gasteiger partial charge in [-0.15, -0.1) is 0 Å². The first-order valence-corrected chi connectivity index (χ1v) is 24.1.